The van der Waals surface area contributed by atoms with Gasteiger partial charge in [-0.25, -0.2) is 4.98 Å². The first-order valence-corrected chi connectivity index (χ1v) is 5.44. The van der Waals surface area contributed by atoms with Crippen molar-refractivity contribution in [1.82, 2.24) is 9.97 Å². The summed E-state index contributed by atoms with van der Waals surface area (Å²) in [4.78, 5) is 7.50. The molecule has 0 spiro atoms. The number of rotatable bonds is 1. The van der Waals surface area contributed by atoms with E-state index < -0.39 is 0 Å². The van der Waals surface area contributed by atoms with E-state index in [2.05, 4.69) is 23.8 Å². The lowest BCUT2D eigenvalue weighted by Gasteiger charge is -2.43. The highest BCUT2D eigenvalue weighted by molar-refractivity contribution is 5.11. The van der Waals surface area contributed by atoms with Gasteiger partial charge in [0, 0.05) is 12.4 Å². The van der Waals surface area contributed by atoms with E-state index in [9.17, 15) is 0 Å². The Hall–Kier alpha value is -0.830. The molecule has 1 heterocycles. The lowest BCUT2D eigenvalue weighted by Crippen LogP contribution is -2.51. The number of hydrogen-bond donors (Lipinski definition) is 2. The van der Waals surface area contributed by atoms with Crippen LogP contribution in [-0.4, -0.2) is 9.97 Å². The molecule has 0 amide bonds. The summed E-state index contributed by atoms with van der Waals surface area (Å²) in [5.41, 5.74) is 6.27. The summed E-state index contributed by atoms with van der Waals surface area (Å²) in [7, 11) is 0. The molecule has 14 heavy (non-hydrogen) atoms. The van der Waals surface area contributed by atoms with Crippen LogP contribution in [0, 0.1) is 11.8 Å². The number of aromatic amines is 1. The Morgan fingerprint density at radius 3 is 2.57 bits per heavy atom. The van der Waals surface area contributed by atoms with E-state index in [4.69, 9.17) is 5.73 Å². The van der Waals surface area contributed by atoms with E-state index in [1.54, 1.807) is 6.20 Å². The van der Waals surface area contributed by atoms with Crippen molar-refractivity contribution in [3.63, 3.8) is 0 Å². The Morgan fingerprint density at radius 2 is 2.07 bits per heavy atom. The molecule has 2 rings (SSSR count). The summed E-state index contributed by atoms with van der Waals surface area (Å²) in [6, 6.07) is 0. The molecule has 0 unspecified atom stereocenters. The lowest BCUT2D eigenvalue weighted by atomic mass is 9.67. The molecule has 78 valence electrons. The fraction of sp³-hybridized carbons (Fsp3) is 0.727. The SMILES string of the molecule is C[C@H]1CCC[C@H](C)C1(N)c1ncc[nH]1. The van der Waals surface area contributed by atoms with E-state index in [1.807, 2.05) is 6.20 Å². The number of nitrogens with one attached hydrogen (secondary N) is 1. The molecule has 3 heteroatoms. The zero-order valence-electron chi connectivity index (χ0n) is 8.96. The molecule has 0 aliphatic heterocycles. The van der Waals surface area contributed by atoms with Gasteiger partial charge in [-0.1, -0.05) is 20.3 Å². The maximum Gasteiger partial charge on any atom is 0.126 e. The van der Waals surface area contributed by atoms with Crippen molar-refractivity contribution < 1.29 is 0 Å². The van der Waals surface area contributed by atoms with Crippen LogP contribution in [0.2, 0.25) is 0 Å². The molecule has 0 saturated heterocycles. The predicted molar refractivity (Wildman–Crippen MR) is 56.6 cm³/mol. The molecule has 0 radical (unpaired) electrons. The van der Waals surface area contributed by atoms with Crippen molar-refractivity contribution in [2.24, 2.45) is 17.6 Å². The van der Waals surface area contributed by atoms with Crippen LogP contribution < -0.4 is 5.73 Å². The molecule has 1 aromatic rings. The van der Waals surface area contributed by atoms with Gasteiger partial charge in [-0.15, -0.1) is 0 Å². The standard InChI is InChI=1S/C11H19N3/c1-8-4-3-5-9(2)11(8,12)10-13-6-7-14-10/h6-9H,3-5,12H2,1-2H3,(H,13,14)/t8-,9-/m0/s1. The zero-order valence-corrected chi connectivity index (χ0v) is 8.96. The predicted octanol–water partition coefficient (Wildman–Crippen LogP) is 2.02. The van der Waals surface area contributed by atoms with Gasteiger partial charge in [0.15, 0.2) is 0 Å². The van der Waals surface area contributed by atoms with Gasteiger partial charge in [0.2, 0.25) is 0 Å². The first-order chi connectivity index (χ1) is 6.65. The fourth-order valence-electron chi connectivity index (χ4n) is 2.66. The quantitative estimate of drug-likeness (QED) is 0.717. The maximum atomic E-state index is 6.52. The van der Waals surface area contributed by atoms with Crippen LogP contribution in [0.3, 0.4) is 0 Å². The molecule has 1 aliphatic carbocycles. The Kier molecular flexibility index (Phi) is 2.35. The van der Waals surface area contributed by atoms with Crippen LogP contribution in [0.1, 0.15) is 38.9 Å². The van der Waals surface area contributed by atoms with Gasteiger partial charge in [-0.3, -0.25) is 0 Å². The van der Waals surface area contributed by atoms with Crippen molar-refractivity contribution >= 4 is 0 Å². The Labute approximate surface area is 85.1 Å². The summed E-state index contributed by atoms with van der Waals surface area (Å²) < 4.78 is 0. The monoisotopic (exact) mass is 193 g/mol. The third-order valence-corrected chi connectivity index (χ3v) is 3.81. The van der Waals surface area contributed by atoms with Crippen LogP contribution >= 0.6 is 0 Å². The summed E-state index contributed by atoms with van der Waals surface area (Å²) in [6.45, 7) is 4.47. The van der Waals surface area contributed by atoms with Crippen molar-refractivity contribution in [1.29, 1.82) is 0 Å². The maximum absolute atomic E-state index is 6.52. The summed E-state index contributed by atoms with van der Waals surface area (Å²) in [5.74, 6) is 1.98. The van der Waals surface area contributed by atoms with Crippen LogP contribution in [0.25, 0.3) is 0 Å². The molecule has 1 saturated carbocycles. The second-order valence-electron chi connectivity index (χ2n) is 4.60. The highest BCUT2D eigenvalue weighted by Crippen LogP contribution is 2.41. The van der Waals surface area contributed by atoms with Gasteiger partial charge in [-0.05, 0) is 24.7 Å². The van der Waals surface area contributed by atoms with Crippen molar-refractivity contribution in [2.75, 3.05) is 0 Å². The molecule has 1 fully saturated rings. The van der Waals surface area contributed by atoms with Gasteiger partial charge < -0.3 is 10.7 Å². The molecule has 2 atom stereocenters. The molecule has 1 aromatic heterocycles. The second-order valence-corrected chi connectivity index (χ2v) is 4.60. The summed E-state index contributed by atoms with van der Waals surface area (Å²) in [5, 5.41) is 0. The molecule has 3 N–H and O–H groups in total. The van der Waals surface area contributed by atoms with Crippen LogP contribution in [0.5, 0.6) is 0 Å². The van der Waals surface area contributed by atoms with Crippen LogP contribution in [0.4, 0.5) is 0 Å². The first kappa shape index (κ1) is 9.71. The van der Waals surface area contributed by atoms with Crippen LogP contribution in [-0.2, 0) is 5.54 Å². The average Bonchev–Trinajstić information content (AvgIpc) is 2.67. The number of imidazole rings is 1. The van der Waals surface area contributed by atoms with Gasteiger partial charge in [0.05, 0.1) is 5.54 Å². The largest absolute Gasteiger partial charge is 0.347 e. The highest BCUT2D eigenvalue weighted by Gasteiger charge is 2.43. The Morgan fingerprint density at radius 1 is 1.43 bits per heavy atom. The smallest absolute Gasteiger partial charge is 0.126 e. The molecule has 0 bridgehead atoms. The summed E-state index contributed by atoms with van der Waals surface area (Å²) >= 11 is 0. The van der Waals surface area contributed by atoms with Gasteiger partial charge >= 0.3 is 0 Å². The van der Waals surface area contributed by atoms with Crippen LogP contribution in [0.15, 0.2) is 12.4 Å². The number of aromatic nitrogens is 2. The molecule has 0 aromatic carbocycles. The third-order valence-electron chi connectivity index (χ3n) is 3.81. The summed E-state index contributed by atoms with van der Waals surface area (Å²) in [6.07, 6.45) is 7.36. The minimum absolute atomic E-state index is 0.248. The Balaban J connectivity index is 2.35. The normalized spacial score (nSPS) is 31.6. The zero-order chi connectivity index (χ0) is 10.2. The van der Waals surface area contributed by atoms with Crippen molar-refractivity contribution in [3.8, 4) is 0 Å². The molecular formula is C11H19N3. The van der Waals surface area contributed by atoms with Gasteiger partial charge in [-0.2, -0.15) is 0 Å². The number of nitrogens with zero attached hydrogens (tertiary/aromatic N) is 1. The van der Waals surface area contributed by atoms with Crippen molar-refractivity contribution in [2.45, 2.75) is 38.6 Å². The van der Waals surface area contributed by atoms with Crippen molar-refractivity contribution in [3.05, 3.63) is 18.2 Å². The molecule has 1 aliphatic rings. The third kappa shape index (κ3) is 1.27. The topological polar surface area (TPSA) is 54.7 Å². The average molecular weight is 193 g/mol. The molecule has 3 nitrogen and oxygen atoms in total. The van der Waals surface area contributed by atoms with E-state index in [-0.39, 0.29) is 5.54 Å². The Bertz CT molecular complexity index is 281. The van der Waals surface area contributed by atoms with E-state index in [0.29, 0.717) is 11.8 Å². The minimum Gasteiger partial charge on any atom is -0.347 e. The second kappa shape index (κ2) is 3.39. The van der Waals surface area contributed by atoms with Gasteiger partial charge in [0.25, 0.3) is 0 Å². The first-order valence-electron chi connectivity index (χ1n) is 5.44. The van der Waals surface area contributed by atoms with E-state index in [0.717, 1.165) is 5.82 Å². The van der Waals surface area contributed by atoms with E-state index >= 15 is 0 Å². The number of H-pyrrole nitrogens is 1. The number of hydrogen-bond acceptors (Lipinski definition) is 2. The molecular weight excluding hydrogens is 174 g/mol. The fourth-order valence-corrected chi connectivity index (χ4v) is 2.66. The minimum atomic E-state index is -0.248. The van der Waals surface area contributed by atoms with Gasteiger partial charge in [0.1, 0.15) is 5.82 Å². The number of nitrogens with two attached hydrogens (primary N) is 1. The van der Waals surface area contributed by atoms with E-state index in [1.165, 1.54) is 19.3 Å². The highest BCUT2D eigenvalue weighted by atomic mass is 15.0. The lowest BCUT2D eigenvalue weighted by molar-refractivity contribution is 0.125.